The molecule has 0 fully saturated rings. The van der Waals surface area contributed by atoms with Crippen LogP contribution in [0.2, 0.25) is 0 Å². The van der Waals surface area contributed by atoms with Gasteiger partial charge in [-0.15, -0.1) is 0 Å². The van der Waals surface area contributed by atoms with Crippen LogP contribution in [0.3, 0.4) is 0 Å². The van der Waals surface area contributed by atoms with Gasteiger partial charge in [-0.05, 0) is 30.7 Å². The van der Waals surface area contributed by atoms with Crippen molar-refractivity contribution < 1.29 is 13.9 Å². The Balaban J connectivity index is 2.20. The lowest BCUT2D eigenvalue weighted by molar-refractivity contribution is -0.144. The quantitative estimate of drug-likeness (QED) is 0.605. The second kappa shape index (κ2) is 8.05. The number of carbonyl (C=O) groups is 1. The molecule has 0 aliphatic heterocycles. The van der Waals surface area contributed by atoms with E-state index in [4.69, 9.17) is 10.5 Å². The highest BCUT2D eigenvalue weighted by atomic mass is 32.2. The number of halogens is 1. The van der Waals surface area contributed by atoms with Gasteiger partial charge in [0.05, 0.1) is 12.8 Å². The fraction of sp³-hybridized carbons (Fsp3) is 0.500. The van der Waals surface area contributed by atoms with Gasteiger partial charge < -0.3 is 10.5 Å². The summed E-state index contributed by atoms with van der Waals surface area (Å²) in [7, 11) is 0. The molecule has 0 aliphatic carbocycles. The number of esters is 1. The number of thioether (sulfide) groups is 1. The SMILES string of the molecule is CCOC(=O)C(N)CCSCc1cncc(F)c1. The lowest BCUT2D eigenvalue weighted by Crippen LogP contribution is -2.32. The first-order valence-corrected chi connectivity index (χ1v) is 6.88. The molecular weight excluding hydrogens is 255 g/mol. The van der Waals surface area contributed by atoms with Crippen molar-refractivity contribution in [1.82, 2.24) is 4.98 Å². The Labute approximate surface area is 110 Å². The minimum atomic E-state index is -0.580. The minimum absolute atomic E-state index is 0.337. The van der Waals surface area contributed by atoms with Gasteiger partial charge in [-0.25, -0.2) is 4.39 Å². The van der Waals surface area contributed by atoms with E-state index in [2.05, 4.69) is 4.98 Å². The van der Waals surface area contributed by atoms with Crippen molar-refractivity contribution >= 4 is 17.7 Å². The topological polar surface area (TPSA) is 65.2 Å². The molecule has 1 rings (SSSR count). The van der Waals surface area contributed by atoms with Crippen LogP contribution in [0.1, 0.15) is 18.9 Å². The van der Waals surface area contributed by atoms with E-state index >= 15 is 0 Å². The van der Waals surface area contributed by atoms with Crippen LogP contribution >= 0.6 is 11.8 Å². The Kier molecular flexibility index (Phi) is 6.67. The maximum absolute atomic E-state index is 12.8. The number of nitrogens with zero attached hydrogens (tertiary/aromatic N) is 1. The molecule has 100 valence electrons. The number of carbonyl (C=O) groups excluding carboxylic acids is 1. The highest BCUT2D eigenvalue weighted by Crippen LogP contribution is 2.13. The average molecular weight is 272 g/mol. The summed E-state index contributed by atoms with van der Waals surface area (Å²) in [6.45, 7) is 2.09. The van der Waals surface area contributed by atoms with E-state index in [0.29, 0.717) is 18.8 Å². The zero-order valence-corrected chi connectivity index (χ0v) is 11.1. The van der Waals surface area contributed by atoms with E-state index in [9.17, 15) is 9.18 Å². The highest BCUT2D eigenvalue weighted by Gasteiger charge is 2.13. The van der Waals surface area contributed by atoms with E-state index in [1.54, 1.807) is 24.9 Å². The van der Waals surface area contributed by atoms with E-state index < -0.39 is 6.04 Å². The Hall–Kier alpha value is -1.14. The molecule has 2 N–H and O–H groups in total. The first kappa shape index (κ1) is 14.9. The standard InChI is InChI=1S/C12H17FN2O2S/c1-2-17-12(16)11(14)3-4-18-8-9-5-10(13)7-15-6-9/h5-7,11H,2-4,8,14H2,1H3. The fourth-order valence-corrected chi connectivity index (χ4v) is 2.26. The van der Waals surface area contributed by atoms with Crippen molar-refractivity contribution in [3.05, 3.63) is 29.8 Å². The van der Waals surface area contributed by atoms with E-state index in [1.165, 1.54) is 12.3 Å². The van der Waals surface area contributed by atoms with Crippen molar-refractivity contribution in [3.63, 3.8) is 0 Å². The molecule has 1 atom stereocenters. The molecule has 0 saturated carbocycles. The molecule has 1 aromatic rings. The van der Waals surface area contributed by atoms with Crippen molar-refractivity contribution in [1.29, 1.82) is 0 Å². The lowest BCUT2D eigenvalue weighted by Gasteiger charge is -2.09. The average Bonchev–Trinajstić information content (AvgIpc) is 2.35. The number of hydrogen-bond acceptors (Lipinski definition) is 5. The highest BCUT2D eigenvalue weighted by molar-refractivity contribution is 7.98. The molecule has 4 nitrogen and oxygen atoms in total. The van der Waals surface area contributed by atoms with E-state index in [1.807, 2.05) is 0 Å². The zero-order valence-electron chi connectivity index (χ0n) is 10.3. The summed E-state index contributed by atoms with van der Waals surface area (Å²) in [6.07, 6.45) is 3.35. The largest absolute Gasteiger partial charge is 0.465 e. The maximum atomic E-state index is 12.8. The van der Waals surface area contributed by atoms with Gasteiger partial charge in [0.15, 0.2) is 0 Å². The minimum Gasteiger partial charge on any atom is -0.465 e. The van der Waals surface area contributed by atoms with Crippen molar-refractivity contribution in [2.75, 3.05) is 12.4 Å². The summed E-state index contributed by atoms with van der Waals surface area (Å²) in [6, 6.07) is 0.869. The van der Waals surface area contributed by atoms with E-state index in [-0.39, 0.29) is 11.8 Å². The second-order valence-corrected chi connectivity index (χ2v) is 4.82. The molecule has 6 heteroatoms. The van der Waals surface area contributed by atoms with E-state index in [0.717, 1.165) is 11.3 Å². The molecule has 1 heterocycles. The number of aromatic nitrogens is 1. The first-order valence-electron chi connectivity index (χ1n) is 5.73. The summed E-state index contributed by atoms with van der Waals surface area (Å²) >= 11 is 1.58. The van der Waals surface area contributed by atoms with Crippen LogP contribution in [0, 0.1) is 5.82 Å². The van der Waals surface area contributed by atoms with Crippen LogP contribution in [0.25, 0.3) is 0 Å². The molecule has 0 amide bonds. The molecule has 0 aliphatic rings. The number of ether oxygens (including phenoxy) is 1. The van der Waals surface area contributed by atoms with Gasteiger partial charge in [0.2, 0.25) is 0 Å². The smallest absolute Gasteiger partial charge is 0.322 e. The molecular formula is C12H17FN2O2S. The van der Waals surface area contributed by atoms with Gasteiger partial charge in [-0.3, -0.25) is 9.78 Å². The summed E-state index contributed by atoms with van der Waals surface area (Å²) in [4.78, 5) is 15.0. The summed E-state index contributed by atoms with van der Waals surface area (Å²) < 4.78 is 17.6. The maximum Gasteiger partial charge on any atom is 0.322 e. The van der Waals surface area contributed by atoms with Crippen molar-refractivity contribution in [2.45, 2.75) is 25.1 Å². The number of nitrogens with two attached hydrogens (primary N) is 1. The van der Waals surface area contributed by atoms with Crippen LogP contribution in [0.4, 0.5) is 4.39 Å². The second-order valence-electron chi connectivity index (χ2n) is 3.71. The first-order chi connectivity index (χ1) is 8.63. The number of rotatable bonds is 7. The van der Waals surface area contributed by atoms with Gasteiger partial charge in [-0.2, -0.15) is 11.8 Å². The molecule has 1 aromatic heterocycles. The van der Waals surface area contributed by atoms with Gasteiger partial charge in [-0.1, -0.05) is 0 Å². The van der Waals surface area contributed by atoms with Gasteiger partial charge in [0.1, 0.15) is 11.9 Å². The molecule has 0 radical (unpaired) electrons. The van der Waals surface area contributed by atoms with Gasteiger partial charge in [0.25, 0.3) is 0 Å². The molecule has 0 aromatic carbocycles. The summed E-state index contributed by atoms with van der Waals surface area (Å²) in [5, 5.41) is 0. The molecule has 1 unspecified atom stereocenters. The van der Waals surface area contributed by atoms with Crippen LogP contribution in [-0.4, -0.2) is 29.4 Å². The third-order valence-electron chi connectivity index (χ3n) is 2.19. The molecule has 18 heavy (non-hydrogen) atoms. The third-order valence-corrected chi connectivity index (χ3v) is 3.25. The third kappa shape index (κ3) is 5.46. The predicted molar refractivity (Wildman–Crippen MR) is 69.6 cm³/mol. The zero-order chi connectivity index (χ0) is 13.4. The van der Waals surface area contributed by atoms with Crippen molar-refractivity contribution in [3.8, 4) is 0 Å². The Morgan fingerprint density at radius 2 is 2.39 bits per heavy atom. The molecule has 0 saturated heterocycles. The van der Waals surface area contributed by atoms with Crippen LogP contribution in [0.5, 0.6) is 0 Å². The predicted octanol–water partition coefficient (Wildman–Crippen LogP) is 1.73. The Morgan fingerprint density at radius 1 is 1.61 bits per heavy atom. The Morgan fingerprint density at radius 3 is 3.06 bits per heavy atom. The normalized spacial score (nSPS) is 12.2. The van der Waals surface area contributed by atoms with Crippen LogP contribution < -0.4 is 5.73 Å². The fourth-order valence-electron chi connectivity index (χ4n) is 1.30. The molecule has 0 bridgehead atoms. The van der Waals surface area contributed by atoms with Crippen LogP contribution in [-0.2, 0) is 15.3 Å². The summed E-state index contributed by atoms with van der Waals surface area (Å²) in [5.41, 5.74) is 6.47. The Bertz CT molecular complexity index is 390. The summed E-state index contributed by atoms with van der Waals surface area (Å²) in [5.74, 6) is 0.665. The van der Waals surface area contributed by atoms with Crippen LogP contribution in [0.15, 0.2) is 18.5 Å². The number of hydrogen-bond donors (Lipinski definition) is 1. The molecule has 0 spiro atoms. The van der Waals surface area contributed by atoms with Gasteiger partial charge >= 0.3 is 5.97 Å². The lowest BCUT2D eigenvalue weighted by atomic mass is 10.2. The van der Waals surface area contributed by atoms with Crippen molar-refractivity contribution in [2.24, 2.45) is 5.73 Å². The van der Waals surface area contributed by atoms with Gasteiger partial charge in [0, 0.05) is 11.9 Å². The monoisotopic (exact) mass is 272 g/mol. The number of pyridine rings is 1.